The van der Waals surface area contributed by atoms with Crippen molar-refractivity contribution in [2.75, 3.05) is 19.6 Å². The maximum absolute atomic E-state index is 12.2. The van der Waals surface area contributed by atoms with Gasteiger partial charge >= 0.3 is 27.3 Å². The molecule has 0 aromatic carbocycles. The van der Waals surface area contributed by atoms with Crippen LogP contribution in [-0.2, 0) is 36.3 Å². The van der Waals surface area contributed by atoms with Gasteiger partial charge in [-0.15, -0.1) is 13.2 Å². The lowest BCUT2D eigenvalue weighted by Crippen LogP contribution is -2.71. The second-order valence-corrected chi connectivity index (χ2v) is 8.22. The minimum Gasteiger partial charge on any atom is -0.313 e. The Balaban J connectivity index is 1.63. The maximum Gasteiger partial charge on any atom is 0.485 e. The fourth-order valence-electron chi connectivity index (χ4n) is 2.95. The number of rotatable bonds is 8. The fourth-order valence-corrected chi connectivity index (χ4v) is 6.55. The molecule has 0 amide bonds. The van der Waals surface area contributed by atoms with Crippen LogP contribution in [0.1, 0.15) is 6.42 Å². The lowest BCUT2D eigenvalue weighted by molar-refractivity contribution is -0.351. The Labute approximate surface area is 132 Å². The van der Waals surface area contributed by atoms with Crippen LogP contribution >= 0.6 is 15.6 Å². The third kappa shape index (κ3) is 1.93. The van der Waals surface area contributed by atoms with Gasteiger partial charge in [-0.25, -0.2) is 36.3 Å². The van der Waals surface area contributed by atoms with Crippen LogP contribution in [0.15, 0.2) is 25.3 Å². The Morgan fingerprint density at radius 1 is 0.913 bits per heavy atom. The molecule has 1 unspecified atom stereocenters. The van der Waals surface area contributed by atoms with E-state index in [1.165, 1.54) is 6.08 Å². The molecular formula is C11H16N2O8P2. The summed E-state index contributed by atoms with van der Waals surface area (Å²) in [5.74, 6) is -5.14. The van der Waals surface area contributed by atoms with E-state index in [0.717, 1.165) is 0 Å². The van der Waals surface area contributed by atoms with Crippen molar-refractivity contribution in [3.63, 3.8) is 0 Å². The van der Waals surface area contributed by atoms with Gasteiger partial charge in [-0.3, -0.25) is 5.32 Å². The Bertz CT molecular complexity index is 644. The maximum atomic E-state index is 12.2. The van der Waals surface area contributed by atoms with Gasteiger partial charge in [0.1, 0.15) is 0 Å². The Morgan fingerprint density at radius 3 is 2.13 bits per heavy atom. The molecule has 6 fully saturated rings. The summed E-state index contributed by atoms with van der Waals surface area (Å²) in [7, 11) is -7.56. The molecule has 6 aliphatic heterocycles. The van der Waals surface area contributed by atoms with E-state index >= 15 is 0 Å². The molecule has 0 aliphatic carbocycles. The highest BCUT2D eigenvalue weighted by Gasteiger charge is 2.97. The van der Waals surface area contributed by atoms with Crippen LogP contribution in [0.5, 0.6) is 0 Å². The highest BCUT2D eigenvalue weighted by molar-refractivity contribution is 7.51. The first kappa shape index (κ1) is 16.1. The van der Waals surface area contributed by atoms with Crippen molar-refractivity contribution in [2.45, 2.75) is 23.9 Å². The van der Waals surface area contributed by atoms with E-state index in [2.05, 4.69) is 23.8 Å². The molecule has 0 aromatic rings. The normalized spacial score (nSPS) is 52.2. The molecular weight excluding hydrogens is 350 g/mol. The molecule has 4 bridgehead atoms. The largest absolute Gasteiger partial charge is 0.485 e. The average molecular weight is 366 g/mol. The van der Waals surface area contributed by atoms with Crippen LogP contribution in [0.25, 0.3) is 0 Å². The zero-order chi connectivity index (χ0) is 16.4. The predicted octanol–water partition coefficient (Wildman–Crippen LogP) is 1.34. The van der Waals surface area contributed by atoms with Crippen LogP contribution in [0.3, 0.4) is 0 Å². The van der Waals surface area contributed by atoms with Gasteiger partial charge in [0.05, 0.1) is 0 Å². The predicted molar refractivity (Wildman–Crippen MR) is 75.8 cm³/mol. The first-order valence-electron chi connectivity index (χ1n) is 6.98. The van der Waals surface area contributed by atoms with Crippen molar-refractivity contribution in [1.29, 1.82) is 0 Å². The molecule has 1 atom stereocenters. The molecule has 0 saturated carbocycles. The number of hydrogen-bond acceptors (Lipinski definition) is 10. The summed E-state index contributed by atoms with van der Waals surface area (Å²) in [4.78, 5) is 0. The summed E-state index contributed by atoms with van der Waals surface area (Å²) >= 11 is 0. The van der Waals surface area contributed by atoms with Gasteiger partial charge in [-0.1, -0.05) is 12.2 Å². The van der Waals surface area contributed by atoms with Crippen LogP contribution in [0.2, 0.25) is 0 Å². The molecule has 6 aliphatic rings. The van der Waals surface area contributed by atoms with E-state index in [1.54, 1.807) is 6.08 Å². The van der Waals surface area contributed by atoms with Crippen LogP contribution in [0.4, 0.5) is 0 Å². The van der Waals surface area contributed by atoms with Gasteiger partial charge in [0, 0.05) is 26.1 Å². The highest BCUT2D eigenvalue weighted by Crippen LogP contribution is 2.90. The number of hydrogen-bond donors (Lipinski definition) is 2. The van der Waals surface area contributed by atoms with E-state index in [9.17, 15) is 9.13 Å². The quantitative estimate of drug-likeness (QED) is 0.371. The van der Waals surface area contributed by atoms with E-state index in [-0.39, 0.29) is 13.0 Å². The second-order valence-electron chi connectivity index (χ2n) is 5.34. The van der Waals surface area contributed by atoms with Gasteiger partial charge in [-0.05, 0) is 0 Å². The third-order valence-electron chi connectivity index (χ3n) is 3.81. The van der Waals surface area contributed by atoms with E-state index in [4.69, 9.17) is 27.1 Å². The van der Waals surface area contributed by atoms with Crippen molar-refractivity contribution in [2.24, 2.45) is 0 Å². The van der Waals surface area contributed by atoms with Crippen molar-refractivity contribution >= 4 is 15.6 Å². The average Bonchev–Trinajstić information content (AvgIpc) is 3.00. The molecule has 2 N–H and O–H groups in total. The summed E-state index contributed by atoms with van der Waals surface area (Å²) in [6, 6.07) is 0. The highest BCUT2D eigenvalue weighted by atomic mass is 31.2. The lowest BCUT2D eigenvalue weighted by atomic mass is 9.98. The van der Waals surface area contributed by atoms with E-state index < -0.39 is 33.1 Å². The summed E-state index contributed by atoms with van der Waals surface area (Å²) in [6.45, 7) is 8.39. The fraction of sp³-hybridized carbons (Fsp3) is 0.636. The van der Waals surface area contributed by atoms with Crippen molar-refractivity contribution in [3.8, 4) is 0 Å². The number of phosphoric ester groups is 2. The van der Waals surface area contributed by atoms with Crippen molar-refractivity contribution in [1.82, 2.24) is 10.6 Å². The summed E-state index contributed by atoms with van der Waals surface area (Å²) in [5, 5.41) is 5.89. The van der Waals surface area contributed by atoms with Crippen LogP contribution < -0.4 is 10.6 Å². The topological polar surface area (TPSA) is 114 Å². The van der Waals surface area contributed by atoms with Gasteiger partial charge in [0.25, 0.3) is 5.79 Å². The molecule has 6 saturated heterocycles. The minimum absolute atomic E-state index is 0.203. The first-order chi connectivity index (χ1) is 10.9. The molecule has 128 valence electrons. The van der Waals surface area contributed by atoms with E-state index in [1.807, 2.05) is 0 Å². The SMILES string of the molecule is C=CCNCCC12OP(=O)(O1)OC21OP2(=O)OC1(NCC=C)O2. The zero-order valence-corrected chi connectivity index (χ0v) is 13.8. The van der Waals surface area contributed by atoms with Crippen LogP contribution in [0, 0.1) is 0 Å². The van der Waals surface area contributed by atoms with Crippen molar-refractivity contribution in [3.05, 3.63) is 25.3 Å². The number of nitrogens with one attached hydrogen (secondary N) is 2. The molecule has 12 heteroatoms. The Morgan fingerprint density at radius 2 is 1.52 bits per heavy atom. The third-order valence-corrected chi connectivity index (χ3v) is 6.77. The minimum atomic E-state index is -3.79. The van der Waals surface area contributed by atoms with Gasteiger partial charge in [-0.2, -0.15) is 0 Å². The second kappa shape index (κ2) is 4.83. The monoisotopic (exact) mass is 366 g/mol. The summed E-state index contributed by atoms with van der Waals surface area (Å²) in [5.41, 5.74) is 0. The van der Waals surface area contributed by atoms with Gasteiger partial charge in [0.2, 0.25) is 0 Å². The van der Waals surface area contributed by atoms with Crippen molar-refractivity contribution < 1.29 is 36.3 Å². The zero-order valence-electron chi connectivity index (χ0n) is 12.1. The van der Waals surface area contributed by atoms with Gasteiger partial charge < -0.3 is 5.32 Å². The molecule has 0 aromatic heterocycles. The molecule has 0 radical (unpaired) electrons. The van der Waals surface area contributed by atoms with Gasteiger partial charge in [0.15, 0.2) is 0 Å². The summed E-state index contributed by atoms with van der Waals surface area (Å²) < 4.78 is 56.4. The molecule has 6 heterocycles. The molecule has 6 rings (SSSR count). The molecule has 23 heavy (non-hydrogen) atoms. The first-order valence-corrected chi connectivity index (χ1v) is 9.90. The van der Waals surface area contributed by atoms with Crippen LogP contribution in [-0.4, -0.2) is 37.1 Å². The van der Waals surface area contributed by atoms with E-state index in [0.29, 0.717) is 13.1 Å². The molecule has 1 spiro atoms. The smallest absolute Gasteiger partial charge is 0.313 e. The Hall–Kier alpha value is -0.380. The number of phosphoric acid groups is 2. The Kier molecular flexibility index (Phi) is 3.38. The lowest BCUT2D eigenvalue weighted by Gasteiger charge is -2.43. The molecule has 10 nitrogen and oxygen atoms in total. The standard InChI is InChI=1S/C11H16N2O8P2/c1-3-6-12-8-5-9-10(18-22(14,16-9)17-9)11(13-7-4-2)20-23(15,19-10)21-11/h3-4,12-13H,1-2,5-8H2. The summed E-state index contributed by atoms with van der Waals surface area (Å²) in [6.07, 6.45) is 3.43.